The molecule has 3 aromatic rings. The molecule has 0 fully saturated rings. The van der Waals surface area contributed by atoms with Crippen LogP contribution in [0.3, 0.4) is 0 Å². The van der Waals surface area contributed by atoms with Gasteiger partial charge in [-0.25, -0.2) is 0 Å². The van der Waals surface area contributed by atoms with Gasteiger partial charge in [-0.05, 0) is 52.0 Å². The van der Waals surface area contributed by atoms with Crippen molar-refractivity contribution in [3.8, 4) is 0 Å². The summed E-state index contributed by atoms with van der Waals surface area (Å²) in [6.07, 6.45) is 4.35. The third-order valence-corrected chi connectivity index (χ3v) is 9.45. The maximum absolute atomic E-state index is 4.66. The highest BCUT2D eigenvalue weighted by atomic mass is 31.2. The third kappa shape index (κ3) is 2.80. The molecule has 0 bridgehead atoms. The zero-order valence-corrected chi connectivity index (χ0v) is 15.8. The summed E-state index contributed by atoms with van der Waals surface area (Å²) >= 11 is 0. The second-order valence-electron chi connectivity index (χ2n) is 6.76. The van der Waals surface area contributed by atoms with Gasteiger partial charge in [-0.3, -0.25) is 4.68 Å². The Kier molecular flexibility index (Phi) is 4.87. The predicted octanol–water partition coefficient (Wildman–Crippen LogP) is 4.17. The van der Waals surface area contributed by atoms with Crippen LogP contribution >= 0.6 is 7.26 Å². The number of aromatic nitrogens is 2. The van der Waals surface area contributed by atoms with E-state index in [2.05, 4.69) is 111 Å². The Balaban J connectivity index is 2.30. The molecule has 0 aliphatic carbocycles. The Labute approximate surface area is 145 Å². The van der Waals surface area contributed by atoms with Gasteiger partial charge in [0.25, 0.3) is 0 Å². The Bertz CT molecular complexity index is 736. The minimum Gasteiger partial charge on any atom is -0.266 e. The van der Waals surface area contributed by atoms with E-state index in [9.17, 15) is 0 Å². The summed E-state index contributed by atoms with van der Waals surface area (Å²) < 4.78 is 2.08. The second kappa shape index (κ2) is 6.91. The summed E-state index contributed by atoms with van der Waals surface area (Å²) in [6, 6.07) is 22.3. The first-order chi connectivity index (χ1) is 11.6. The van der Waals surface area contributed by atoms with E-state index in [1.807, 2.05) is 0 Å². The zero-order chi connectivity index (χ0) is 17.2. The molecule has 0 amide bonds. The first-order valence-electron chi connectivity index (χ1n) is 8.61. The molecule has 2 nitrogen and oxygen atoms in total. The molecule has 1 heterocycles. The van der Waals surface area contributed by atoms with Crippen LogP contribution in [0.2, 0.25) is 0 Å². The molecule has 3 heteroatoms. The molecule has 0 N–H and O–H groups in total. The van der Waals surface area contributed by atoms with Crippen LogP contribution in [0.25, 0.3) is 0 Å². The van der Waals surface area contributed by atoms with Crippen LogP contribution in [0.1, 0.15) is 33.7 Å². The van der Waals surface area contributed by atoms with Crippen molar-refractivity contribution in [2.45, 2.75) is 39.4 Å². The van der Waals surface area contributed by atoms with Gasteiger partial charge in [-0.15, -0.1) is 0 Å². The number of hydrogen-bond donors (Lipinski definition) is 0. The van der Waals surface area contributed by atoms with Crippen LogP contribution in [-0.2, 0) is 0 Å². The fourth-order valence-corrected chi connectivity index (χ4v) is 7.96. The lowest BCUT2D eigenvalue weighted by Crippen LogP contribution is -2.36. The molecular formula is C21H26N2P+. The first-order valence-corrected chi connectivity index (χ1v) is 10.5. The molecule has 0 saturated carbocycles. The minimum absolute atomic E-state index is 0.374. The lowest BCUT2D eigenvalue weighted by atomic mass is 10.4. The Morgan fingerprint density at radius 3 is 1.62 bits per heavy atom. The van der Waals surface area contributed by atoms with Gasteiger partial charge in [0, 0.05) is 6.04 Å². The smallest absolute Gasteiger partial charge is 0.142 e. The lowest BCUT2D eigenvalue weighted by Gasteiger charge is -2.29. The molecular weight excluding hydrogens is 311 g/mol. The molecule has 0 atom stereocenters. The van der Waals surface area contributed by atoms with E-state index >= 15 is 0 Å². The van der Waals surface area contributed by atoms with Gasteiger partial charge >= 0.3 is 0 Å². The van der Waals surface area contributed by atoms with Crippen LogP contribution in [0.5, 0.6) is 0 Å². The van der Waals surface area contributed by atoms with Crippen LogP contribution in [0.4, 0.5) is 0 Å². The van der Waals surface area contributed by atoms with E-state index in [0.29, 0.717) is 11.7 Å². The van der Waals surface area contributed by atoms with E-state index < -0.39 is 7.26 Å². The maximum Gasteiger partial charge on any atom is 0.142 e. The molecule has 2 aromatic carbocycles. The zero-order valence-electron chi connectivity index (χ0n) is 14.9. The molecule has 0 spiro atoms. The Hall–Kier alpha value is -1.92. The quantitative estimate of drug-likeness (QED) is 0.639. The number of rotatable bonds is 5. The van der Waals surface area contributed by atoms with E-state index in [4.69, 9.17) is 0 Å². The molecule has 0 saturated heterocycles. The van der Waals surface area contributed by atoms with Gasteiger partial charge in [-0.2, -0.15) is 5.10 Å². The van der Waals surface area contributed by atoms with Crippen molar-refractivity contribution in [2.24, 2.45) is 0 Å². The predicted molar refractivity (Wildman–Crippen MR) is 106 cm³/mol. The summed E-state index contributed by atoms with van der Waals surface area (Å²) in [6.45, 7) is 9.05. The van der Waals surface area contributed by atoms with Crippen molar-refractivity contribution in [2.75, 3.05) is 0 Å². The SMILES string of the molecule is CC(C)n1cc([P+](c2ccccc2)(c2ccccc2)C(C)C)cn1. The summed E-state index contributed by atoms with van der Waals surface area (Å²) in [5, 5.41) is 8.87. The average molecular weight is 337 g/mol. The third-order valence-electron chi connectivity index (χ3n) is 4.63. The van der Waals surface area contributed by atoms with E-state index in [1.54, 1.807) is 0 Å². The maximum atomic E-state index is 4.66. The monoisotopic (exact) mass is 337 g/mol. The van der Waals surface area contributed by atoms with Gasteiger partial charge in [0.05, 0.1) is 18.1 Å². The fraction of sp³-hybridized carbons (Fsp3) is 0.286. The molecule has 0 unspecified atom stereocenters. The standard InChI is InChI=1S/C21H26N2P/c1-17(2)23-16-21(15-22-23)24(18(3)4,19-11-7-5-8-12-19)20-13-9-6-10-14-20/h5-18H,1-4H3/q+1. The normalized spacial score (nSPS) is 12.1. The number of nitrogens with zero attached hydrogens (tertiary/aromatic N) is 2. The van der Waals surface area contributed by atoms with Crippen LogP contribution in [0.15, 0.2) is 73.1 Å². The van der Waals surface area contributed by atoms with Gasteiger partial charge < -0.3 is 0 Å². The summed E-state index contributed by atoms with van der Waals surface area (Å²) in [7, 11) is -1.73. The van der Waals surface area contributed by atoms with Crippen molar-refractivity contribution in [1.29, 1.82) is 0 Å². The highest BCUT2D eigenvalue weighted by Crippen LogP contribution is 2.59. The second-order valence-corrected chi connectivity index (χ2v) is 10.8. The summed E-state index contributed by atoms with van der Waals surface area (Å²) in [5.74, 6) is 0. The van der Waals surface area contributed by atoms with Crippen molar-refractivity contribution < 1.29 is 0 Å². The lowest BCUT2D eigenvalue weighted by molar-refractivity contribution is 0.533. The minimum atomic E-state index is -1.73. The Morgan fingerprint density at radius 2 is 1.25 bits per heavy atom. The van der Waals surface area contributed by atoms with Crippen molar-refractivity contribution in [1.82, 2.24) is 9.78 Å². The molecule has 24 heavy (non-hydrogen) atoms. The molecule has 3 rings (SSSR count). The van der Waals surface area contributed by atoms with E-state index in [0.717, 1.165) is 0 Å². The molecule has 124 valence electrons. The van der Waals surface area contributed by atoms with Gasteiger partial charge in [0.15, 0.2) is 0 Å². The van der Waals surface area contributed by atoms with Crippen molar-refractivity contribution >= 4 is 23.2 Å². The van der Waals surface area contributed by atoms with Gasteiger partial charge in [0.2, 0.25) is 0 Å². The summed E-state index contributed by atoms with van der Waals surface area (Å²) in [5.41, 5.74) is 0.507. The van der Waals surface area contributed by atoms with Crippen molar-refractivity contribution in [3.05, 3.63) is 73.1 Å². The fourth-order valence-electron chi connectivity index (χ4n) is 3.46. The van der Waals surface area contributed by atoms with E-state index in [1.165, 1.54) is 15.9 Å². The van der Waals surface area contributed by atoms with E-state index in [-0.39, 0.29) is 0 Å². The number of benzene rings is 2. The average Bonchev–Trinajstić information content (AvgIpc) is 3.08. The summed E-state index contributed by atoms with van der Waals surface area (Å²) in [4.78, 5) is 0. The van der Waals surface area contributed by atoms with Gasteiger partial charge in [0.1, 0.15) is 23.2 Å². The molecule has 0 aliphatic heterocycles. The van der Waals surface area contributed by atoms with Crippen LogP contribution in [-0.4, -0.2) is 15.4 Å². The Morgan fingerprint density at radius 1 is 0.750 bits per heavy atom. The van der Waals surface area contributed by atoms with Crippen LogP contribution in [0, 0.1) is 0 Å². The van der Waals surface area contributed by atoms with Crippen LogP contribution < -0.4 is 15.9 Å². The molecule has 1 aromatic heterocycles. The first kappa shape index (κ1) is 16.9. The van der Waals surface area contributed by atoms with Gasteiger partial charge in [-0.1, -0.05) is 36.4 Å². The number of hydrogen-bond acceptors (Lipinski definition) is 1. The largest absolute Gasteiger partial charge is 0.266 e. The highest BCUT2D eigenvalue weighted by molar-refractivity contribution is 7.96. The highest BCUT2D eigenvalue weighted by Gasteiger charge is 2.49. The topological polar surface area (TPSA) is 17.8 Å². The molecule has 0 aliphatic rings. The molecule has 0 radical (unpaired) electrons. The van der Waals surface area contributed by atoms with Crippen molar-refractivity contribution in [3.63, 3.8) is 0 Å².